The van der Waals surface area contributed by atoms with Crippen molar-refractivity contribution < 1.29 is 4.42 Å². The molecule has 88 heavy (non-hydrogen) atoms. The van der Waals surface area contributed by atoms with Crippen molar-refractivity contribution in [3.8, 4) is 77.9 Å². The molecule has 0 spiro atoms. The number of nitrogens with zero attached hydrogens (tertiary/aromatic N) is 1. The molecule has 17 rings (SSSR count). The van der Waals surface area contributed by atoms with E-state index in [-0.39, 0.29) is 0 Å². The van der Waals surface area contributed by atoms with Gasteiger partial charge in [-0.2, -0.15) is 0 Å². The van der Waals surface area contributed by atoms with Crippen LogP contribution in [-0.2, 0) is 5.41 Å². The molecule has 1 aliphatic rings. The molecule has 0 unspecified atom stereocenters. The maximum absolute atomic E-state index is 6.99. The van der Waals surface area contributed by atoms with Crippen molar-refractivity contribution in [1.29, 1.82) is 0 Å². The van der Waals surface area contributed by atoms with Gasteiger partial charge in [0.2, 0.25) is 0 Å². The zero-order valence-corrected chi connectivity index (χ0v) is 48.8. The maximum Gasteiger partial charge on any atom is 0.143 e. The fourth-order valence-electron chi connectivity index (χ4n) is 14.0. The van der Waals surface area contributed by atoms with Crippen molar-refractivity contribution in [3.05, 3.63) is 356 Å². The van der Waals surface area contributed by atoms with Crippen LogP contribution >= 0.6 is 11.3 Å². The van der Waals surface area contributed by atoms with Crippen LogP contribution in [0.4, 0.5) is 17.1 Å². The molecular formula is C85H55NOS. The summed E-state index contributed by atoms with van der Waals surface area (Å²) >= 11 is 1.85. The van der Waals surface area contributed by atoms with Crippen LogP contribution in [0.25, 0.3) is 120 Å². The number of para-hydroxylation sites is 1. The normalized spacial score (nSPS) is 12.4. The molecule has 2 heterocycles. The fraction of sp³-hybridized carbons (Fsp3) is 0.0118. The molecule has 0 atom stereocenters. The lowest BCUT2D eigenvalue weighted by molar-refractivity contribution is 0.670. The maximum atomic E-state index is 6.99. The first-order valence-corrected chi connectivity index (χ1v) is 31.0. The molecule has 412 valence electrons. The molecule has 3 heteroatoms. The number of fused-ring (bicyclic) bond motifs is 9. The Kier molecular flexibility index (Phi) is 12.3. The monoisotopic (exact) mass is 1140 g/mol. The summed E-state index contributed by atoms with van der Waals surface area (Å²) in [6.45, 7) is 0. The highest BCUT2D eigenvalue weighted by Crippen LogP contribution is 2.57. The van der Waals surface area contributed by atoms with Gasteiger partial charge in [-0.25, -0.2) is 0 Å². The van der Waals surface area contributed by atoms with Crippen molar-refractivity contribution in [2.75, 3.05) is 4.90 Å². The largest absolute Gasteiger partial charge is 0.455 e. The molecule has 0 bridgehead atoms. The number of thiophene rings is 1. The van der Waals surface area contributed by atoms with E-state index in [0.29, 0.717) is 0 Å². The number of anilines is 3. The quantitative estimate of drug-likeness (QED) is 0.128. The Morgan fingerprint density at radius 1 is 0.261 bits per heavy atom. The molecule has 0 saturated heterocycles. The topological polar surface area (TPSA) is 16.4 Å². The van der Waals surface area contributed by atoms with Crippen molar-refractivity contribution in [2.45, 2.75) is 5.41 Å². The van der Waals surface area contributed by atoms with Gasteiger partial charge in [0.1, 0.15) is 11.2 Å². The first-order chi connectivity index (χ1) is 43.6. The highest BCUT2D eigenvalue weighted by atomic mass is 32.1. The van der Waals surface area contributed by atoms with E-state index in [9.17, 15) is 0 Å². The number of hydrogen-bond acceptors (Lipinski definition) is 3. The first-order valence-electron chi connectivity index (χ1n) is 30.2. The van der Waals surface area contributed by atoms with E-state index in [1.54, 1.807) is 0 Å². The lowest BCUT2D eigenvalue weighted by Gasteiger charge is -2.34. The second-order valence-corrected chi connectivity index (χ2v) is 24.1. The summed E-state index contributed by atoms with van der Waals surface area (Å²) in [6.07, 6.45) is 0. The molecule has 0 N–H and O–H groups in total. The zero-order valence-electron chi connectivity index (χ0n) is 48.0. The van der Waals surface area contributed by atoms with Gasteiger partial charge in [-0.15, -0.1) is 11.3 Å². The summed E-state index contributed by atoms with van der Waals surface area (Å²) < 4.78 is 9.54. The van der Waals surface area contributed by atoms with E-state index in [4.69, 9.17) is 4.42 Å². The average molecular weight is 1140 g/mol. The van der Waals surface area contributed by atoms with Crippen molar-refractivity contribution in [3.63, 3.8) is 0 Å². The molecule has 14 aromatic carbocycles. The summed E-state index contributed by atoms with van der Waals surface area (Å²) in [4.78, 5) is 2.40. The average Bonchev–Trinajstić information content (AvgIpc) is 1.62. The Bertz CT molecular complexity index is 5210. The number of furan rings is 1. The summed E-state index contributed by atoms with van der Waals surface area (Å²) in [5.41, 5.74) is 26.1. The molecule has 0 amide bonds. The first kappa shape index (κ1) is 51.3. The molecular weight excluding hydrogens is 1080 g/mol. The summed E-state index contributed by atoms with van der Waals surface area (Å²) in [7, 11) is 0. The van der Waals surface area contributed by atoms with Gasteiger partial charge in [0, 0.05) is 53.6 Å². The third-order valence-electron chi connectivity index (χ3n) is 18.2. The Morgan fingerprint density at radius 3 is 1.22 bits per heavy atom. The van der Waals surface area contributed by atoms with E-state index < -0.39 is 5.41 Å². The number of benzene rings is 14. The van der Waals surface area contributed by atoms with Crippen LogP contribution in [0, 0.1) is 0 Å². The van der Waals surface area contributed by atoms with Crippen LogP contribution in [0.15, 0.2) is 338 Å². The molecule has 16 aromatic rings. The zero-order chi connectivity index (χ0) is 58.1. The predicted octanol–water partition coefficient (Wildman–Crippen LogP) is 23.8. The molecule has 2 aromatic heterocycles. The molecule has 0 fully saturated rings. The van der Waals surface area contributed by atoms with Crippen molar-refractivity contribution in [2.24, 2.45) is 0 Å². The smallest absolute Gasteiger partial charge is 0.143 e. The second kappa shape index (κ2) is 21.1. The van der Waals surface area contributed by atoms with Crippen LogP contribution < -0.4 is 4.90 Å². The summed E-state index contributed by atoms with van der Waals surface area (Å²) in [5, 5.41) is 4.71. The standard InChI is InChI=1S/C85H55NOS/c1-4-16-56(17-5-1)59-30-32-60(33-31-59)62-38-47-68(48-39-62)86(70-51-53-82-77(55-70)76-54-65(42-52-81(76)88-82)58-20-8-3-9-21-58)69-49-40-63(41-50-69)71-24-15-29-80-83(71)75-26-14-25-72(84(75)87-80)64-36-45-67(46-37-64)85(66-43-34-61(35-44-66)57-18-6-2-7-19-57)78-27-12-10-22-73(78)74-23-11-13-28-79(74)85/h1-55H. The summed E-state index contributed by atoms with van der Waals surface area (Å²) in [6, 6.07) is 122. The highest BCUT2D eigenvalue weighted by molar-refractivity contribution is 7.25. The second-order valence-electron chi connectivity index (χ2n) is 23.1. The van der Waals surface area contributed by atoms with Crippen LogP contribution in [0.2, 0.25) is 0 Å². The Labute approximate surface area is 515 Å². The third kappa shape index (κ3) is 8.54. The van der Waals surface area contributed by atoms with Gasteiger partial charge in [0.15, 0.2) is 0 Å². The SMILES string of the molecule is c1ccc(-c2ccc(-c3ccc(N(c4ccc(-c5cccc6oc7c(-c8ccc(C9(c%10ccc(-c%11ccccc%11)cc%10)c%10ccccc%10-c%10ccccc%109)cc8)cccc7c56)cc4)c4ccc5sc6ccc(-c7ccccc7)cc6c5c4)cc3)cc2)cc1. The minimum Gasteiger partial charge on any atom is -0.455 e. The predicted molar refractivity (Wildman–Crippen MR) is 371 cm³/mol. The van der Waals surface area contributed by atoms with Crippen molar-refractivity contribution >= 4 is 70.5 Å². The lowest BCUT2D eigenvalue weighted by Crippen LogP contribution is -2.28. The summed E-state index contributed by atoms with van der Waals surface area (Å²) in [5.74, 6) is 0. The van der Waals surface area contributed by atoms with Gasteiger partial charge in [0.25, 0.3) is 0 Å². The lowest BCUT2D eigenvalue weighted by atomic mass is 9.67. The van der Waals surface area contributed by atoms with Crippen LogP contribution in [0.5, 0.6) is 0 Å². The Hall–Kier alpha value is -11.1. The van der Waals surface area contributed by atoms with Crippen LogP contribution in [0.3, 0.4) is 0 Å². The number of hydrogen-bond donors (Lipinski definition) is 0. The number of rotatable bonds is 11. The molecule has 0 saturated carbocycles. The third-order valence-corrected chi connectivity index (χ3v) is 19.4. The highest BCUT2D eigenvalue weighted by Gasteiger charge is 2.46. The molecule has 0 radical (unpaired) electrons. The van der Waals surface area contributed by atoms with Gasteiger partial charge in [-0.3, -0.25) is 0 Å². The van der Waals surface area contributed by atoms with E-state index in [0.717, 1.165) is 61.3 Å². The van der Waals surface area contributed by atoms with Crippen LogP contribution in [-0.4, -0.2) is 0 Å². The van der Waals surface area contributed by atoms with E-state index in [1.807, 2.05) is 11.3 Å². The van der Waals surface area contributed by atoms with Gasteiger partial charge in [0.05, 0.1) is 5.41 Å². The van der Waals surface area contributed by atoms with E-state index in [2.05, 4.69) is 339 Å². The Balaban J connectivity index is 0.737. The Morgan fingerprint density at radius 2 is 0.648 bits per heavy atom. The minimum atomic E-state index is -0.519. The molecule has 0 aliphatic heterocycles. The van der Waals surface area contributed by atoms with Crippen molar-refractivity contribution in [1.82, 2.24) is 0 Å². The minimum absolute atomic E-state index is 0.519. The van der Waals surface area contributed by atoms with Gasteiger partial charge < -0.3 is 9.32 Å². The van der Waals surface area contributed by atoms with Gasteiger partial charge >= 0.3 is 0 Å². The van der Waals surface area contributed by atoms with E-state index in [1.165, 1.54) is 98.1 Å². The van der Waals surface area contributed by atoms with Gasteiger partial charge in [-0.1, -0.05) is 273 Å². The van der Waals surface area contributed by atoms with Crippen LogP contribution in [0.1, 0.15) is 22.3 Å². The molecule has 2 nitrogen and oxygen atoms in total. The van der Waals surface area contributed by atoms with Gasteiger partial charge in [-0.05, 0) is 155 Å². The fourth-order valence-corrected chi connectivity index (χ4v) is 15.1. The molecule has 1 aliphatic carbocycles. The van der Waals surface area contributed by atoms with E-state index >= 15 is 0 Å².